The topological polar surface area (TPSA) is 64.3 Å². The van der Waals surface area contributed by atoms with Crippen LogP contribution < -0.4 is 0 Å². The molecule has 0 spiro atoms. The van der Waals surface area contributed by atoms with Gasteiger partial charge in [0.15, 0.2) is 0 Å². The summed E-state index contributed by atoms with van der Waals surface area (Å²) < 4.78 is 0. The summed E-state index contributed by atoms with van der Waals surface area (Å²) in [5.74, 6) is -0.663. The number of carbonyl (C=O) groups is 1. The quantitative estimate of drug-likeness (QED) is 0.748. The first-order valence-corrected chi connectivity index (χ1v) is 5.42. The minimum Gasteiger partial charge on any atom is -0.394 e. The molecule has 1 amide bonds. The molecule has 4 nitrogen and oxygen atoms in total. The first kappa shape index (κ1) is 12.0. The average Bonchev–Trinajstić information content (AvgIpc) is 2.65. The lowest BCUT2D eigenvalue weighted by atomic mass is 9.96. The highest BCUT2D eigenvalue weighted by Gasteiger charge is 2.33. The summed E-state index contributed by atoms with van der Waals surface area (Å²) >= 11 is 0. The van der Waals surface area contributed by atoms with Crippen molar-refractivity contribution in [3.63, 3.8) is 0 Å². The SMILES string of the molecule is CC(C)C(C#N)C(=O)N1CCCC1CO. The summed E-state index contributed by atoms with van der Waals surface area (Å²) in [6.45, 7) is 4.42. The number of nitriles is 1. The molecule has 0 aromatic rings. The van der Waals surface area contributed by atoms with Crippen molar-refractivity contribution in [2.45, 2.75) is 32.7 Å². The third-order valence-electron chi connectivity index (χ3n) is 2.94. The van der Waals surface area contributed by atoms with Crippen LogP contribution in [0.3, 0.4) is 0 Å². The van der Waals surface area contributed by atoms with Gasteiger partial charge < -0.3 is 10.0 Å². The van der Waals surface area contributed by atoms with Crippen LogP contribution in [0.2, 0.25) is 0 Å². The van der Waals surface area contributed by atoms with Crippen molar-refractivity contribution in [3.8, 4) is 6.07 Å². The van der Waals surface area contributed by atoms with E-state index in [2.05, 4.69) is 0 Å². The molecule has 2 unspecified atom stereocenters. The molecular formula is C11H18N2O2. The lowest BCUT2D eigenvalue weighted by molar-refractivity contribution is -0.136. The van der Waals surface area contributed by atoms with E-state index in [0.717, 1.165) is 12.8 Å². The van der Waals surface area contributed by atoms with Gasteiger partial charge in [0, 0.05) is 6.54 Å². The Hall–Kier alpha value is -1.08. The summed E-state index contributed by atoms with van der Waals surface area (Å²) in [6.07, 6.45) is 1.77. The number of amides is 1. The monoisotopic (exact) mass is 210 g/mol. The molecule has 1 rings (SSSR count). The largest absolute Gasteiger partial charge is 0.394 e. The zero-order valence-electron chi connectivity index (χ0n) is 9.31. The molecule has 0 radical (unpaired) electrons. The third-order valence-corrected chi connectivity index (χ3v) is 2.94. The van der Waals surface area contributed by atoms with E-state index in [1.165, 1.54) is 0 Å². The first-order valence-electron chi connectivity index (χ1n) is 5.42. The van der Waals surface area contributed by atoms with E-state index >= 15 is 0 Å². The molecule has 1 aliphatic heterocycles. The van der Waals surface area contributed by atoms with Crippen molar-refractivity contribution in [1.29, 1.82) is 5.26 Å². The van der Waals surface area contributed by atoms with E-state index in [1.807, 2.05) is 19.9 Å². The Labute approximate surface area is 90.5 Å². The van der Waals surface area contributed by atoms with Crippen LogP contribution in [0.1, 0.15) is 26.7 Å². The summed E-state index contributed by atoms with van der Waals surface area (Å²) in [7, 11) is 0. The fourth-order valence-corrected chi connectivity index (χ4v) is 1.98. The van der Waals surface area contributed by atoms with Crippen molar-refractivity contribution in [1.82, 2.24) is 4.90 Å². The third kappa shape index (κ3) is 2.48. The van der Waals surface area contributed by atoms with Crippen LogP contribution in [0.15, 0.2) is 0 Å². The molecule has 1 N–H and O–H groups in total. The Morgan fingerprint density at radius 2 is 2.33 bits per heavy atom. The van der Waals surface area contributed by atoms with E-state index in [0.29, 0.717) is 6.54 Å². The molecule has 84 valence electrons. The molecule has 0 bridgehead atoms. The van der Waals surface area contributed by atoms with Gasteiger partial charge in [0.2, 0.25) is 5.91 Å². The molecule has 4 heteroatoms. The Morgan fingerprint density at radius 3 is 2.80 bits per heavy atom. The summed E-state index contributed by atoms with van der Waals surface area (Å²) in [5, 5.41) is 18.0. The molecule has 0 saturated carbocycles. The van der Waals surface area contributed by atoms with Crippen molar-refractivity contribution in [2.75, 3.05) is 13.2 Å². The zero-order valence-corrected chi connectivity index (χ0v) is 9.31. The Bertz CT molecular complexity index is 270. The second kappa shape index (κ2) is 5.13. The molecule has 15 heavy (non-hydrogen) atoms. The van der Waals surface area contributed by atoms with Crippen molar-refractivity contribution < 1.29 is 9.90 Å². The van der Waals surface area contributed by atoms with E-state index in [9.17, 15) is 4.79 Å². The maximum atomic E-state index is 12.0. The number of carbonyl (C=O) groups excluding carboxylic acids is 1. The predicted octanol–water partition coefficient (Wildman–Crippen LogP) is 0.765. The van der Waals surface area contributed by atoms with Gasteiger partial charge in [-0.15, -0.1) is 0 Å². The fraction of sp³-hybridized carbons (Fsp3) is 0.818. The van der Waals surface area contributed by atoms with E-state index in [1.54, 1.807) is 4.90 Å². The Morgan fingerprint density at radius 1 is 1.67 bits per heavy atom. The van der Waals surface area contributed by atoms with Crippen LogP contribution in [0.5, 0.6) is 0 Å². The standard InChI is InChI=1S/C11H18N2O2/c1-8(2)10(6-12)11(15)13-5-3-4-9(13)7-14/h8-10,14H,3-5,7H2,1-2H3. The number of aliphatic hydroxyl groups is 1. The molecule has 2 atom stereocenters. The first-order chi connectivity index (χ1) is 7.11. The van der Waals surface area contributed by atoms with Crippen LogP contribution in [0, 0.1) is 23.2 Å². The number of nitrogens with zero attached hydrogens (tertiary/aromatic N) is 2. The number of hydrogen-bond donors (Lipinski definition) is 1. The van der Waals surface area contributed by atoms with Gasteiger partial charge in [-0.3, -0.25) is 4.79 Å². The fourth-order valence-electron chi connectivity index (χ4n) is 1.98. The maximum absolute atomic E-state index is 12.0. The normalized spacial score (nSPS) is 22.9. The van der Waals surface area contributed by atoms with Crippen molar-refractivity contribution in [3.05, 3.63) is 0 Å². The number of hydrogen-bond acceptors (Lipinski definition) is 3. The highest BCUT2D eigenvalue weighted by atomic mass is 16.3. The highest BCUT2D eigenvalue weighted by Crippen LogP contribution is 2.22. The molecular weight excluding hydrogens is 192 g/mol. The predicted molar refractivity (Wildman–Crippen MR) is 55.8 cm³/mol. The van der Waals surface area contributed by atoms with Gasteiger partial charge in [0.25, 0.3) is 0 Å². The summed E-state index contributed by atoms with van der Waals surface area (Å²) in [5.41, 5.74) is 0. The Balaban J connectivity index is 2.71. The second-order valence-electron chi connectivity index (χ2n) is 4.36. The van der Waals surface area contributed by atoms with E-state index in [4.69, 9.17) is 10.4 Å². The molecule has 0 aromatic heterocycles. The molecule has 1 aliphatic rings. The lowest BCUT2D eigenvalue weighted by Crippen LogP contribution is -2.42. The minimum atomic E-state index is -0.572. The minimum absolute atomic E-state index is 0.00197. The van der Waals surface area contributed by atoms with E-state index in [-0.39, 0.29) is 24.5 Å². The van der Waals surface area contributed by atoms with E-state index < -0.39 is 5.92 Å². The Kier molecular flexibility index (Phi) is 4.10. The number of likely N-dealkylation sites (tertiary alicyclic amines) is 1. The maximum Gasteiger partial charge on any atom is 0.240 e. The van der Waals surface area contributed by atoms with Gasteiger partial charge in [-0.2, -0.15) is 5.26 Å². The summed E-state index contributed by atoms with van der Waals surface area (Å²) in [6, 6.07) is 1.97. The average molecular weight is 210 g/mol. The molecule has 1 saturated heterocycles. The number of aliphatic hydroxyl groups excluding tert-OH is 1. The molecule has 1 heterocycles. The van der Waals surface area contributed by atoms with Crippen molar-refractivity contribution in [2.24, 2.45) is 11.8 Å². The van der Waals surface area contributed by atoms with Gasteiger partial charge in [0.05, 0.1) is 18.7 Å². The van der Waals surface area contributed by atoms with Crippen LogP contribution >= 0.6 is 0 Å². The van der Waals surface area contributed by atoms with Crippen LogP contribution in [0.4, 0.5) is 0 Å². The summed E-state index contributed by atoms with van der Waals surface area (Å²) in [4.78, 5) is 13.6. The van der Waals surface area contributed by atoms with Crippen LogP contribution in [0.25, 0.3) is 0 Å². The van der Waals surface area contributed by atoms with Gasteiger partial charge in [-0.05, 0) is 18.8 Å². The molecule has 0 aliphatic carbocycles. The van der Waals surface area contributed by atoms with Crippen LogP contribution in [-0.4, -0.2) is 35.1 Å². The molecule has 0 aromatic carbocycles. The highest BCUT2D eigenvalue weighted by molar-refractivity contribution is 5.82. The van der Waals surface area contributed by atoms with Crippen molar-refractivity contribution >= 4 is 5.91 Å². The van der Waals surface area contributed by atoms with Gasteiger partial charge >= 0.3 is 0 Å². The lowest BCUT2D eigenvalue weighted by Gasteiger charge is -2.26. The van der Waals surface area contributed by atoms with Crippen LogP contribution in [-0.2, 0) is 4.79 Å². The van der Waals surface area contributed by atoms with Gasteiger partial charge in [-0.25, -0.2) is 0 Å². The number of rotatable bonds is 3. The van der Waals surface area contributed by atoms with Gasteiger partial charge in [-0.1, -0.05) is 13.8 Å². The molecule has 1 fully saturated rings. The van der Waals surface area contributed by atoms with Gasteiger partial charge in [0.1, 0.15) is 5.92 Å². The zero-order chi connectivity index (χ0) is 11.4. The smallest absolute Gasteiger partial charge is 0.240 e. The second-order valence-corrected chi connectivity index (χ2v) is 4.36.